The molecule has 0 bridgehead atoms. The van der Waals surface area contributed by atoms with Crippen molar-refractivity contribution in [2.45, 2.75) is 51.1 Å². The molecule has 1 aliphatic heterocycles. The number of rotatable bonds is 6. The van der Waals surface area contributed by atoms with Crippen molar-refractivity contribution in [2.24, 2.45) is 5.41 Å². The molecule has 0 unspecified atom stereocenters. The first-order valence-electron chi connectivity index (χ1n) is 9.74. The summed E-state index contributed by atoms with van der Waals surface area (Å²) in [6.45, 7) is 5.15. The largest absolute Gasteiger partial charge is 0.384 e. The van der Waals surface area contributed by atoms with Gasteiger partial charge in [-0.15, -0.1) is 0 Å². The summed E-state index contributed by atoms with van der Waals surface area (Å²) in [5.41, 5.74) is -0.230. The maximum Gasteiger partial charge on any atom is 0.231 e. The average molecular weight is 346 g/mol. The van der Waals surface area contributed by atoms with Crippen LogP contribution in [0.1, 0.15) is 50.4 Å². The lowest BCUT2D eigenvalue weighted by molar-refractivity contribution is -0.152. The molecule has 2 aliphatic carbocycles. The van der Waals surface area contributed by atoms with Crippen molar-refractivity contribution in [1.29, 1.82) is 0 Å². The number of hydrogen-bond acceptors (Lipinski definition) is 4. The maximum absolute atomic E-state index is 13.0. The highest BCUT2D eigenvalue weighted by atomic mass is 16.5. The Kier molecular flexibility index (Phi) is 4.82. The normalized spacial score (nSPS) is 24.0. The van der Waals surface area contributed by atoms with Gasteiger partial charge in [0.05, 0.1) is 18.6 Å². The number of hydrogen-bond donors (Lipinski definition) is 0. The number of carbonyl (C=O) groups excluding carboxylic acids is 1. The molecule has 1 saturated heterocycles. The summed E-state index contributed by atoms with van der Waals surface area (Å²) in [6.07, 6.45) is 10.8. The molecule has 1 aromatic rings. The molecule has 25 heavy (non-hydrogen) atoms. The SMILES string of the molecule is COCC1(C(=O)N2CCCN(Cc3nccn3C3CC3)CC2)CCC1. The molecule has 138 valence electrons. The summed E-state index contributed by atoms with van der Waals surface area (Å²) in [4.78, 5) is 22.1. The molecule has 1 amide bonds. The Hall–Kier alpha value is -1.40. The Morgan fingerprint density at radius 3 is 2.76 bits per heavy atom. The topological polar surface area (TPSA) is 50.6 Å². The Balaban J connectivity index is 1.35. The molecular weight excluding hydrogens is 316 g/mol. The predicted octanol–water partition coefficient (Wildman–Crippen LogP) is 2.07. The Bertz CT molecular complexity index is 606. The second-order valence-corrected chi connectivity index (χ2v) is 7.97. The first-order valence-corrected chi connectivity index (χ1v) is 9.74. The molecule has 0 N–H and O–H groups in total. The van der Waals surface area contributed by atoms with E-state index in [1.54, 1.807) is 7.11 Å². The molecule has 6 heteroatoms. The van der Waals surface area contributed by atoms with E-state index in [1.165, 1.54) is 18.7 Å². The lowest BCUT2D eigenvalue weighted by Crippen LogP contribution is -2.51. The van der Waals surface area contributed by atoms with E-state index in [2.05, 4.69) is 25.5 Å². The van der Waals surface area contributed by atoms with Crippen LogP contribution in [0.2, 0.25) is 0 Å². The summed E-state index contributed by atoms with van der Waals surface area (Å²) in [5.74, 6) is 1.50. The van der Waals surface area contributed by atoms with E-state index in [1.807, 2.05) is 6.20 Å². The van der Waals surface area contributed by atoms with Gasteiger partial charge >= 0.3 is 0 Å². The number of ether oxygens (including phenoxy) is 1. The quantitative estimate of drug-likeness (QED) is 0.791. The molecule has 0 aromatic carbocycles. The van der Waals surface area contributed by atoms with Gasteiger partial charge in [-0.2, -0.15) is 0 Å². The van der Waals surface area contributed by atoms with Gasteiger partial charge in [0.2, 0.25) is 5.91 Å². The van der Waals surface area contributed by atoms with Gasteiger partial charge in [0.1, 0.15) is 5.82 Å². The number of carbonyl (C=O) groups is 1. The number of amides is 1. The van der Waals surface area contributed by atoms with Crippen molar-refractivity contribution in [1.82, 2.24) is 19.4 Å². The minimum Gasteiger partial charge on any atom is -0.384 e. The van der Waals surface area contributed by atoms with Crippen LogP contribution in [-0.2, 0) is 16.1 Å². The summed E-state index contributed by atoms with van der Waals surface area (Å²) < 4.78 is 7.70. The highest BCUT2D eigenvalue weighted by Crippen LogP contribution is 2.43. The van der Waals surface area contributed by atoms with E-state index >= 15 is 0 Å². The third kappa shape index (κ3) is 3.47. The highest BCUT2D eigenvalue weighted by molar-refractivity contribution is 5.83. The van der Waals surface area contributed by atoms with Crippen molar-refractivity contribution < 1.29 is 9.53 Å². The van der Waals surface area contributed by atoms with Gasteiger partial charge in [0.25, 0.3) is 0 Å². The van der Waals surface area contributed by atoms with Gasteiger partial charge in [0, 0.05) is 51.7 Å². The summed E-state index contributed by atoms with van der Waals surface area (Å²) in [6, 6.07) is 0.676. The number of nitrogens with zero attached hydrogens (tertiary/aromatic N) is 4. The predicted molar refractivity (Wildman–Crippen MR) is 95.1 cm³/mol. The zero-order valence-corrected chi connectivity index (χ0v) is 15.3. The van der Waals surface area contributed by atoms with Crippen LogP contribution in [0.4, 0.5) is 0 Å². The second kappa shape index (κ2) is 7.08. The molecule has 2 heterocycles. The summed E-state index contributed by atoms with van der Waals surface area (Å²) >= 11 is 0. The van der Waals surface area contributed by atoms with E-state index in [9.17, 15) is 4.79 Å². The molecule has 3 aliphatic rings. The fraction of sp³-hybridized carbons (Fsp3) is 0.789. The monoisotopic (exact) mass is 346 g/mol. The van der Waals surface area contributed by atoms with Crippen molar-refractivity contribution in [3.63, 3.8) is 0 Å². The van der Waals surface area contributed by atoms with Crippen LogP contribution in [0.3, 0.4) is 0 Å². The van der Waals surface area contributed by atoms with E-state index in [4.69, 9.17) is 4.74 Å². The van der Waals surface area contributed by atoms with Gasteiger partial charge < -0.3 is 14.2 Å². The van der Waals surface area contributed by atoms with Crippen molar-refractivity contribution in [3.05, 3.63) is 18.2 Å². The fourth-order valence-corrected chi connectivity index (χ4v) is 4.32. The lowest BCUT2D eigenvalue weighted by Gasteiger charge is -2.42. The molecule has 2 saturated carbocycles. The molecule has 4 rings (SSSR count). The third-order valence-electron chi connectivity index (χ3n) is 6.11. The van der Waals surface area contributed by atoms with Crippen LogP contribution < -0.4 is 0 Å². The molecule has 6 nitrogen and oxygen atoms in total. The first kappa shape index (κ1) is 17.0. The summed E-state index contributed by atoms with van der Waals surface area (Å²) in [5, 5.41) is 0. The van der Waals surface area contributed by atoms with Crippen LogP contribution in [-0.4, -0.2) is 65.2 Å². The highest BCUT2D eigenvalue weighted by Gasteiger charge is 2.46. The zero-order valence-electron chi connectivity index (χ0n) is 15.3. The smallest absolute Gasteiger partial charge is 0.231 e. The molecule has 0 radical (unpaired) electrons. The minimum atomic E-state index is -0.230. The fourth-order valence-electron chi connectivity index (χ4n) is 4.32. The minimum absolute atomic E-state index is 0.230. The molecular formula is C19H30N4O2. The van der Waals surface area contributed by atoms with Gasteiger partial charge in [-0.1, -0.05) is 6.42 Å². The zero-order chi connectivity index (χ0) is 17.3. The standard InChI is InChI=1S/C19H30N4O2/c1-25-15-19(6-2-7-19)18(24)22-10-3-9-21(12-13-22)14-17-20-8-11-23(17)16-4-5-16/h8,11,16H,2-7,9-10,12-15H2,1H3. The first-order chi connectivity index (χ1) is 12.2. The lowest BCUT2D eigenvalue weighted by atomic mass is 9.68. The van der Waals surface area contributed by atoms with E-state index in [0.29, 0.717) is 18.6 Å². The molecule has 0 atom stereocenters. The Morgan fingerprint density at radius 1 is 1.24 bits per heavy atom. The number of methoxy groups -OCH3 is 1. The third-order valence-corrected chi connectivity index (χ3v) is 6.11. The Morgan fingerprint density at radius 2 is 2.08 bits per heavy atom. The van der Waals surface area contributed by atoms with Crippen molar-refractivity contribution in [3.8, 4) is 0 Å². The van der Waals surface area contributed by atoms with E-state index in [-0.39, 0.29) is 5.41 Å². The Labute approximate surface area is 150 Å². The van der Waals surface area contributed by atoms with Crippen molar-refractivity contribution in [2.75, 3.05) is 39.9 Å². The number of aromatic nitrogens is 2. The molecule has 3 fully saturated rings. The van der Waals surface area contributed by atoms with Gasteiger partial charge in [-0.25, -0.2) is 4.98 Å². The van der Waals surface area contributed by atoms with Crippen LogP contribution >= 0.6 is 0 Å². The van der Waals surface area contributed by atoms with Gasteiger partial charge in [-0.3, -0.25) is 9.69 Å². The van der Waals surface area contributed by atoms with Crippen LogP contribution in [0, 0.1) is 5.41 Å². The number of imidazole rings is 1. The maximum atomic E-state index is 13.0. The van der Waals surface area contributed by atoms with Gasteiger partial charge in [-0.05, 0) is 32.1 Å². The van der Waals surface area contributed by atoms with Crippen LogP contribution in [0.5, 0.6) is 0 Å². The summed E-state index contributed by atoms with van der Waals surface area (Å²) in [7, 11) is 1.71. The average Bonchev–Trinajstić information content (AvgIpc) is 3.35. The molecule has 0 spiro atoms. The van der Waals surface area contributed by atoms with Crippen LogP contribution in [0.25, 0.3) is 0 Å². The van der Waals surface area contributed by atoms with Gasteiger partial charge in [0.15, 0.2) is 0 Å². The van der Waals surface area contributed by atoms with Crippen molar-refractivity contribution >= 4 is 5.91 Å². The molecule has 1 aromatic heterocycles. The van der Waals surface area contributed by atoms with Crippen LogP contribution in [0.15, 0.2) is 12.4 Å². The van der Waals surface area contributed by atoms with E-state index in [0.717, 1.165) is 58.4 Å². The van der Waals surface area contributed by atoms with E-state index < -0.39 is 0 Å². The second-order valence-electron chi connectivity index (χ2n) is 7.97.